The molecule has 0 radical (unpaired) electrons. The molecule has 3 heteroatoms. The van der Waals surface area contributed by atoms with E-state index < -0.39 is 0 Å². The maximum Gasteiger partial charge on any atom is 0.163 e. The molecule has 0 aromatic carbocycles. The Morgan fingerprint density at radius 3 is 1.77 bits per heavy atom. The Bertz CT molecular complexity index is 197. The molecule has 0 aliphatic carbocycles. The molecule has 0 unspecified atom stereocenters. The third-order valence-electron chi connectivity index (χ3n) is 3.40. The Balaban J connectivity index is 2.18. The summed E-state index contributed by atoms with van der Waals surface area (Å²) in [6.45, 7) is 11.0. The molecule has 2 aliphatic heterocycles. The maximum atomic E-state index is 5.92. The topological polar surface area (TPSA) is 18.5 Å². The van der Waals surface area contributed by atoms with Crippen LogP contribution in [-0.2, 0) is 9.47 Å². The average Bonchev–Trinajstić information content (AvgIpc) is 2.44. The van der Waals surface area contributed by atoms with Gasteiger partial charge in [0, 0.05) is 11.3 Å². The Morgan fingerprint density at radius 1 is 1.00 bits per heavy atom. The van der Waals surface area contributed by atoms with Crippen LogP contribution in [0.2, 0.25) is 0 Å². The molecule has 0 bridgehead atoms. The molecular weight excluding hydrogens is 183 g/mol. The number of fused-ring (bicyclic) bond motifs is 1. The Kier molecular flexibility index (Phi) is 2.22. The fourth-order valence-corrected chi connectivity index (χ4v) is 4.53. The summed E-state index contributed by atoms with van der Waals surface area (Å²) in [7, 11) is 0.0879. The summed E-state index contributed by atoms with van der Waals surface area (Å²) < 4.78 is 11.8. The van der Waals surface area contributed by atoms with E-state index in [9.17, 15) is 0 Å². The fraction of sp³-hybridized carbons (Fsp3) is 1.00. The molecule has 2 nitrogen and oxygen atoms in total. The van der Waals surface area contributed by atoms with Crippen LogP contribution in [0.15, 0.2) is 0 Å². The molecule has 4 atom stereocenters. The molecule has 13 heavy (non-hydrogen) atoms. The number of hydrogen-bond acceptors (Lipinski definition) is 2. The second-order valence-corrected chi connectivity index (χ2v) is 7.67. The van der Waals surface area contributed by atoms with Crippen LogP contribution in [0.4, 0.5) is 0 Å². The van der Waals surface area contributed by atoms with E-state index in [0.29, 0.717) is 23.5 Å². The number of hydrogen-bond donors (Lipinski definition) is 0. The van der Waals surface area contributed by atoms with Crippen molar-refractivity contribution in [1.29, 1.82) is 0 Å². The van der Waals surface area contributed by atoms with Crippen molar-refractivity contribution in [2.75, 3.05) is 6.66 Å². The minimum Gasteiger partial charge on any atom is -0.344 e. The van der Waals surface area contributed by atoms with E-state index in [0.717, 1.165) is 0 Å². The zero-order chi connectivity index (χ0) is 9.80. The van der Waals surface area contributed by atoms with Gasteiger partial charge in [0.25, 0.3) is 0 Å². The van der Waals surface area contributed by atoms with E-state index in [1.165, 1.54) is 0 Å². The molecular formula is C10H19O2P. The Hall–Kier alpha value is 0.350. The molecule has 2 rings (SSSR count). The highest BCUT2D eigenvalue weighted by atomic mass is 31.1. The van der Waals surface area contributed by atoms with E-state index in [2.05, 4.69) is 20.5 Å². The van der Waals surface area contributed by atoms with Gasteiger partial charge in [-0.15, -0.1) is 0 Å². The van der Waals surface area contributed by atoms with Gasteiger partial charge in [-0.2, -0.15) is 0 Å². The van der Waals surface area contributed by atoms with Crippen molar-refractivity contribution in [1.82, 2.24) is 0 Å². The van der Waals surface area contributed by atoms with E-state index in [1.807, 2.05) is 13.8 Å². The first-order valence-corrected chi connectivity index (χ1v) is 6.93. The van der Waals surface area contributed by atoms with Gasteiger partial charge in [-0.05, 0) is 20.5 Å². The van der Waals surface area contributed by atoms with Crippen molar-refractivity contribution < 1.29 is 9.47 Å². The van der Waals surface area contributed by atoms with Gasteiger partial charge in [0.1, 0.15) is 0 Å². The molecule has 2 heterocycles. The quantitative estimate of drug-likeness (QED) is 0.561. The third-order valence-corrected chi connectivity index (χ3v) is 6.56. The van der Waals surface area contributed by atoms with Gasteiger partial charge >= 0.3 is 0 Å². The van der Waals surface area contributed by atoms with E-state index in [-0.39, 0.29) is 13.7 Å². The first-order valence-electron chi connectivity index (χ1n) is 5.00. The minimum atomic E-state index is -0.353. The molecule has 0 N–H and O–H groups in total. The summed E-state index contributed by atoms with van der Waals surface area (Å²) in [6.07, 6.45) is 0.697. The summed E-state index contributed by atoms with van der Waals surface area (Å²) in [4.78, 5) is 0. The van der Waals surface area contributed by atoms with Crippen LogP contribution in [0.5, 0.6) is 0 Å². The predicted octanol–water partition coefficient (Wildman–Crippen LogP) is 2.41. The summed E-state index contributed by atoms with van der Waals surface area (Å²) in [5.74, 6) is -0.353. The van der Waals surface area contributed by atoms with Crippen molar-refractivity contribution in [3.05, 3.63) is 0 Å². The van der Waals surface area contributed by atoms with Gasteiger partial charge < -0.3 is 9.47 Å². The van der Waals surface area contributed by atoms with Gasteiger partial charge in [0.2, 0.25) is 0 Å². The highest BCUT2D eigenvalue weighted by Crippen LogP contribution is 2.57. The molecule has 0 aromatic heterocycles. The lowest BCUT2D eigenvalue weighted by Crippen LogP contribution is -2.27. The molecule has 2 fully saturated rings. The summed E-state index contributed by atoms with van der Waals surface area (Å²) in [5, 5.41) is 0. The van der Waals surface area contributed by atoms with E-state index in [4.69, 9.17) is 9.47 Å². The highest BCUT2D eigenvalue weighted by molar-refractivity contribution is 7.58. The van der Waals surface area contributed by atoms with Crippen molar-refractivity contribution in [3.63, 3.8) is 0 Å². The molecule has 0 amide bonds. The van der Waals surface area contributed by atoms with Crippen molar-refractivity contribution in [2.24, 2.45) is 0 Å². The van der Waals surface area contributed by atoms with E-state index >= 15 is 0 Å². The van der Waals surface area contributed by atoms with Gasteiger partial charge in [0.15, 0.2) is 5.79 Å². The lowest BCUT2D eigenvalue weighted by Gasteiger charge is -2.25. The standard InChI is InChI=1S/C10H19O2P/c1-6-8-9(7(2)13(6)5)12-10(3,4)11-8/h6-9H,1-5H3/t6-,7-,8-,9-/m1/s1. The van der Waals surface area contributed by atoms with Crippen LogP contribution < -0.4 is 0 Å². The van der Waals surface area contributed by atoms with Crippen molar-refractivity contribution in [2.45, 2.75) is 57.0 Å². The monoisotopic (exact) mass is 202 g/mol. The molecule has 0 saturated carbocycles. The van der Waals surface area contributed by atoms with Gasteiger partial charge in [-0.25, -0.2) is 0 Å². The van der Waals surface area contributed by atoms with Crippen LogP contribution in [0.3, 0.4) is 0 Å². The second-order valence-electron chi connectivity index (χ2n) is 4.71. The first-order chi connectivity index (χ1) is 5.92. The second kappa shape index (κ2) is 2.92. The van der Waals surface area contributed by atoms with Gasteiger partial charge in [0.05, 0.1) is 12.2 Å². The van der Waals surface area contributed by atoms with Crippen LogP contribution in [0, 0.1) is 0 Å². The van der Waals surface area contributed by atoms with E-state index in [1.54, 1.807) is 0 Å². The SMILES string of the molecule is C[C@@H]1[C@H]2OC(C)(C)O[C@@H]2[C@@H](C)P1C. The van der Waals surface area contributed by atoms with Crippen molar-refractivity contribution >= 4 is 7.92 Å². The average molecular weight is 202 g/mol. The molecule has 0 aromatic rings. The van der Waals surface area contributed by atoms with Gasteiger partial charge in [-0.3, -0.25) is 0 Å². The Labute approximate surface area is 81.7 Å². The zero-order valence-electron chi connectivity index (χ0n) is 9.07. The smallest absolute Gasteiger partial charge is 0.163 e. The largest absolute Gasteiger partial charge is 0.344 e. The summed E-state index contributed by atoms with van der Waals surface area (Å²) >= 11 is 0. The molecule has 2 saturated heterocycles. The molecule has 76 valence electrons. The zero-order valence-corrected chi connectivity index (χ0v) is 9.97. The predicted molar refractivity (Wildman–Crippen MR) is 55.6 cm³/mol. The highest BCUT2D eigenvalue weighted by Gasteiger charge is 2.53. The maximum absolute atomic E-state index is 5.92. The number of rotatable bonds is 0. The third kappa shape index (κ3) is 1.44. The lowest BCUT2D eigenvalue weighted by atomic mass is 10.1. The lowest BCUT2D eigenvalue weighted by molar-refractivity contribution is -0.147. The van der Waals surface area contributed by atoms with Crippen LogP contribution in [-0.4, -0.2) is 36.0 Å². The summed E-state index contributed by atoms with van der Waals surface area (Å²) in [6, 6.07) is 0. The van der Waals surface area contributed by atoms with Gasteiger partial charge in [-0.1, -0.05) is 21.8 Å². The minimum absolute atomic E-state index is 0.0879. The first kappa shape index (κ1) is 9.89. The Morgan fingerprint density at radius 2 is 1.38 bits per heavy atom. The number of ether oxygens (including phenoxy) is 2. The van der Waals surface area contributed by atoms with Crippen LogP contribution in [0.25, 0.3) is 0 Å². The normalized spacial score (nSPS) is 49.6. The van der Waals surface area contributed by atoms with Crippen LogP contribution >= 0.6 is 7.92 Å². The fourth-order valence-electron chi connectivity index (χ4n) is 2.40. The molecule has 0 spiro atoms. The summed E-state index contributed by atoms with van der Waals surface area (Å²) in [5.41, 5.74) is 1.38. The molecule has 2 aliphatic rings. The van der Waals surface area contributed by atoms with Crippen molar-refractivity contribution in [3.8, 4) is 0 Å². The van der Waals surface area contributed by atoms with Crippen LogP contribution in [0.1, 0.15) is 27.7 Å².